The lowest BCUT2D eigenvalue weighted by atomic mass is 9.83. The number of hydrogen-bond acceptors (Lipinski definition) is 45. The van der Waals surface area contributed by atoms with Crippen LogP contribution >= 0.6 is 0 Å². The molecule has 0 aromatic heterocycles. The lowest BCUT2D eigenvalue weighted by molar-refractivity contribution is -0.889. The van der Waals surface area contributed by atoms with Crippen LogP contribution in [0.25, 0.3) is 0 Å². The van der Waals surface area contributed by atoms with Crippen LogP contribution in [-0.2, 0) is 143 Å². The summed E-state index contributed by atoms with van der Waals surface area (Å²) in [6.07, 6.45) is -0.457. The minimum Gasteiger partial charge on any atom is -0.550 e. The second-order valence-corrected chi connectivity index (χ2v) is 37.8. The Bertz CT molecular complexity index is 4420. The van der Waals surface area contributed by atoms with Crippen molar-refractivity contribution in [3.63, 3.8) is 0 Å². The van der Waals surface area contributed by atoms with Gasteiger partial charge in [0.2, 0.25) is 24.0 Å². The van der Waals surface area contributed by atoms with E-state index in [2.05, 4.69) is 10.1 Å². The van der Waals surface area contributed by atoms with Gasteiger partial charge in [0.1, 0.15) is 167 Å². The number of aliphatic hydroxyl groups is 12. The van der Waals surface area contributed by atoms with Crippen molar-refractivity contribution in [2.24, 2.45) is 65.1 Å². The van der Waals surface area contributed by atoms with E-state index in [1.165, 1.54) is 0 Å². The number of likely N-dealkylation sites (tertiary alicyclic amines) is 2. The highest BCUT2D eigenvalue weighted by Crippen LogP contribution is 2.46. The molecule has 51 heteroatoms. The van der Waals surface area contributed by atoms with Crippen LogP contribution in [0.2, 0.25) is 0 Å². The number of carboxylic acids is 3. The van der Waals surface area contributed by atoms with Gasteiger partial charge >= 0.3 is 59.7 Å². The molecule has 0 saturated carbocycles. The van der Waals surface area contributed by atoms with E-state index < -0.39 is 293 Å². The first-order valence-electron chi connectivity index (χ1n) is 47.2. The molecule has 12 bridgehead atoms. The molecule has 798 valence electrons. The topological polar surface area (TPSA) is 718 Å². The second-order valence-electron chi connectivity index (χ2n) is 37.8. The highest BCUT2D eigenvalue weighted by Gasteiger charge is 2.61. The van der Waals surface area contributed by atoms with E-state index in [9.17, 15) is 118 Å². The standard InChI is InChI=1S/C20H26N2O7.C20H28O15.C16H26N2O5.C15H24N2O4.C13H18O9.C8H8O5/c23-15-3-1-7-21(15)9-11-27-19(25)17-13-5-6-14(29-13)18(17)20(26)28-12-10-22-8-2-4-16(22)24;21-11-7(34-19(29)15(25)13(11)23)3-31-17(27)9-5-1-2-6(33-5)10(9)18(28)32-4-8-12(22)14(24)16(26)20(30)35-8;1-17(2)7-9-21-15(19)13-11-5-6-12(23-11)14(13)16(20)22-10-8-18(3)4;1-17(2,8-3-4-14(18)19)9-7-16-15(20)12-10-11-5-6-13(12)21-11;14-3-6(16)5-20-12(18)10-7-1-2-8(21-7)11(10)13(19)22-9(17)4-15;9-7(10)5-3-1-2-4(13-3)6(5)8(11)12/h5-6,13-14,17-18H,1-4,7-12H2;1-2,5-16,19-26,29-30H,3-4H2;5-6,11-14H,7-10H2,1-4H3;5-6,11-13H,3-4,7-10H2,1-2H3,(H-,16,18,19,20);1-2,6-11,14-17H,3-5H2;1-6H,(H,9,10)(H,11,12)/t13?,14?,17-,18+;5?,6?,7?,8?,9-,10+,11-,12-,13-,14-,15+,16+,19-,20-;11?,12?,13-,14+;11?,12-,13?;6?,7?,8?,9?,10-,11+;3?,4?,5-,6+/m.1.01./s1. The molecular formula is C92H130N6O45. The van der Waals surface area contributed by atoms with Gasteiger partial charge in [0, 0.05) is 51.4 Å². The maximum atomic E-state index is 12.8. The molecular weight excluding hydrogens is 1910 g/mol. The molecule has 35 atom stereocenters. The average molecular weight is 2040 g/mol. The van der Waals surface area contributed by atoms with Crippen LogP contribution < -0.4 is 10.4 Å². The number of nitrogens with zero attached hydrogens (tertiary/aromatic N) is 5. The van der Waals surface area contributed by atoms with Crippen molar-refractivity contribution >= 4 is 83.4 Å². The zero-order valence-electron chi connectivity index (χ0n) is 79.5. The molecule has 51 nitrogen and oxygen atoms in total. The van der Waals surface area contributed by atoms with Crippen molar-refractivity contribution < 1.29 is 224 Å². The van der Waals surface area contributed by atoms with E-state index in [0.717, 1.165) is 32.4 Å². The molecule has 0 aromatic rings. The maximum absolute atomic E-state index is 12.8. The van der Waals surface area contributed by atoms with Gasteiger partial charge in [0.15, 0.2) is 12.6 Å². The predicted molar refractivity (Wildman–Crippen MR) is 470 cm³/mol. The molecule has 0 aliphatic carbocycles. The molecule has 16 heterocycles. The molecule has 0 aromatic carbocycles. The summed E-state index contributed by atoms with van der Waals surface area (Å²) in [5.41, 5.74) is 0. The number of aliphatic hydroxyl groups excluding tert-OH is 12. The smallest absolute Gasteiger partial charge is 0.315 e. The SMILES string of the molecule is CN(C)CCOC(=O)[C@@H]1C2C=CC(O2)[C@@H]1C(=O)OCCN(C)C.C[N+](C)(CCCC(=O)[O-])CCNC(=O)[C@H]1CC2C=CC1O2.O=C(O)[C@@H]1C2C=CC(O2)[C@@H]1C(=O)O.O=C(OCC(O)CO)[C@@H]1C2C=CC(O2)[C@@H]1C(=O)OC(O)CO.O=C(OCC1O[C@@H](O)[C@@H](O)[C@H](O)[C@@H]1O)[C@@H]1C2C=CC(O2)[C@@H]1C(=O)OCC1O[C@@H](O)[C@@H](O)[C@H](O)[C@@H]1O.O=C(OCCN1CCCC1=O)[C@@H]1C2C=CC(O2)[C@@H]1C(=O)OCCN1CCCC1=O. The fourth-order valence-electron chi connectivity index (χ4n) is 19.0. The van der Waals surface area contributed by atoms with Gasteiger partial charge in [-0.05, 0) is 53.9 Å². The normalized spacial score (nSPS) is 35.4. The molecule has 3 amide bonds. The van der Waals surface area contributed by atoms with Gasteiger partial charge < -0.3 is 187 Å². The minimum atomic E-state index is -1.82. The monoisotopic (exact) mass is 2040 g/mol. The van der Waals surface area contributed by atoms with Crippen molar-refractivity contribution in [3.05, 3.63) is 72.9 Å². The van der Waals surface area contributed by atoms with Gasteiger partial charge in [-0.25, -0.2) is 0 Å². The van der Waals surface area contributed by atoms with Crippen LogP contribution in [0, 0.1) is 65.1 Å². The lowest BCUT2D eigenvalue weighted by Crippen LogP contribution is -2.59. The number of likely N-dealkylation sites (N-methyl/N-ethyl adjacent to an activating group) is 3. The fraction of sp³-hybridized carbons (Fsp3) is 0.717. The van der Waals surface area contributed by atoms with Crippen LogP contribution in [0.1, 0.15) is 44.9 Å². The summed E-state index contributed by atoms with van der Waals surface area (Å²) < 4.78 is 84.8. The van der Waals surface area contributed by atoms with Gasteiger partial charge in [-0.3, -0.25) is 62.3 Å². The molecule has 16 aliphatic rings. The first-order valence-corrected chi connectivity index (χ1v) is 47.2. The van der Waals surface area contributed by atoms with Crippen molar-refractivity contribution in [1.29, 1.82) is 0 Å². The fourth-order valence-corrected chi connectivity index (χ4v) is 19.0. The van der Waals surface area contributed by atoms with Crippen molar-refractivity contribution in [1.82, 2.24) is 24.9 Å². The zero-order valence-corrected chi connectivity index (χ0v) is 79.5. The average Bonchev–Trinajstić information content (AvgIpc) is 1.63. The highest BCUT2D eigenvalue weighted by molar-refractivity contribution is 5.89. The minimum absolute atomic E-state index is 0.0550. The number of ether oxygens (including phenoxy) is 16. The lowest BCUT2D eigenvalue weighted by Gasteiger charge is -2.38. The first kappa shape index (κ1) is 113. The Morgan fingerprint density at radius 2 is 0.776 bits per heavy atom. The number of amides is 3. The largest absolute Gasteiger partial charge is 0.550 e. The molecule has 0 radical (unpaired) electrons. The number of quaternary nitrogens is 1. The Balaban J connectivity index is 0.000000167. The van der Waals surface area contributed by atoms with Gasteiger partial charge in [-0.1, -0.05) is 72.9 Å². The first-order chi connectivity index (χ1) is 67.9. The van der Waals surface area contributed by atoms with E-state index in [-0.39, 0.29) is 55.5 Å². The molecule has 10 fully saturated rings. The number of fused-ring (bicyclic) bond motifs is 12. The number of hydrogen-bond donors (Lipinski definition) is 15. The van der Waals surface area contributed by atoms with Crippen LogP contribution in [0.3, 0.4) is 0 Å². The van der Waals surface area contributed by atoms with Crippen LogP contribution in [-0.4, -0.2) is 487 Å². The number of aliphatic carboxylic acids is 3. The number of rotatable bonds is 39. The Morgan fingerprint density at radius 3 is 1.09 bits per heavy atom. The summed E-state index contributed by atoms with van der Waals surface area (Å²) in [5, 5.41) is 144. The second kappa shape index (κ2) is 51.9. The Morgan fingerprint density at radius 1 is 0.434 bits per heavy atom. The zero-order chi connectivity index (χ0) is 104. The molecule has 10 saturated heterocycles. The molecule has 16 rings (SSSR count). The van der Waals surface area contributed by atoms with Crippen LogP contribution in [0.15, 0.2) is 72.9 Å². The van der Waals surface area contributed by atoms with Gasteiger partial charge in [0.05, 0.1) is 133 Å². The summed E-state index contributed by atoms with van der Waals surface area (Å²) in [5.74, 6) is -17.3. The Kier molecular flexibility index (Phi) is 41.2. The van der Waals surface area contributed by atoms with E-state index >= 15 is 0 Å². The number of carboxylic acid groups (broad SMARTS) is 3. The quantitative estimate of drug-likeness (QED) is 0.00893. The number of nitrogens with one attached hydrogen (secondary N) is 1. The van der Waals surface area contributed by atoms with Gasteiger partial charge in [-0.2, -0.15) is 0 Å². The van der Waals surface area contributed by atoms with Crippen molar-refractivity contribution in [2.75, 3.05) is 161 Å². The summed E-state index contributed by atoms with van der Waals surface area (Å²) in [7, 11) is 11.7. The predicted octanol–water partition coefficient (Wildman–Crippen LogP) is -10.0. The Labute approximate surface area is 819 Å². The highest BCUT2D eigenvalue weighted by atomic mass is 16.7. The summed E-state index contributed by atoms with van der Waals surface area (Å²) >= 11 is 0. The molecule has 15 N–H and O–H groups in total. The molecule has 16 aliphatic heterocycles. The van der Waals surface area contributed by atoms with E-state index in [0.29, 0.717) is 82.8 Å². The third kappa shape index (κ3) is 29.1. The number of esters is 8. The van der Waals surface area contributed by atoms with Gasteiger partial charge in [-0.15, -0.1) is 0 Å². The van der Waals surface area contributed by atoms with Crippen molar-refractivity contribution in [2.45, 2.75) is 192 Å². The third-order valence-electron chi connectivity index (χ3n) is 26.8. The molecule has 143 heavy (non-hydrogen) atoms. The van der Waals surface area contributed by atoms with Crippen LogP contribution in [0.5, 0.6) is 0 Å². The number of carbonyl (C=O) groups excluding carboxylic acids is 12. The summed E-state index contributed by atoms with van der Waals surface area (Å²) in [6, 6.07) is 0. The summed E-state index contributed by atoms with van der Waals surface area (Å²) in [6.45, 7) is 3.33. The van der Waals surface area contributed by atoms with Gasteiger partial charge in [0.25, 0.3) is 0 Å². The number of carbonyl (C=O) groups is 14. The van der Waals surface area contributed by atoms with Crippen molar-refractivity contribution in [3.8, 4) is 0 Å². The maximum Gasteiger partial charge on any atom is 0.315 e. The van der Waals surface area contributed by atoms with Crippen LogP contribution in [0.4, 0.5) is 0 Å². The molecule has 16 unspecified atom stereocenters. The van der Waals surface area contributed by atoms with E-state index in [1.807, 2.05) is 76.4 Å². The Hall–Kier alpha value is -9.90. The summed E-state index contributed by atoms with van der Waals surface area (Å²) in [4.78, 5) is 174. The van der Waals surface area contributed by atoms with E-state index in [1.54, 1.807) is 58.4 Å². The van der Waals surface area contributed by atoms with E-state index in [4.69, 9.17) is 96.6 Å². The third-order valence-corrected chi connectivity index (χ3v) is 26.8. The molecule has 0 spiro atoms.